The van der Waals surface area contributed by atoms with Crippen LogP contribution < -0.4 is 5.73 Å². The Morgan fingerprint density at radius 3 is 2.82 bits per heavy atom. The van der Waals surface area contributed by atoms with Gasteiger partial charge in [-0.3, -0.25) is 4.68 Å². The smallest absolute Gasteiger partial charge is 0.0624 e. The lowest BCUT2D eigenvalue weighted by Gasteiger charge is -2.10. The molecule has 2 N–H and O–H groups in total. The van der Waals surface area contributed by atoms with Crippen LogP contribution in [0.25, 0.3) is 0 Å². The van der Waals surface area contributed by atoms with Gasteiger partial charge in [-0.1, -0.05) is 6.92 Å². The number of hydrogen-bond donors (Lipinski definition) is 1. The van der Waals surface area contributed by atoms with Crippen LogP contribution in [-0.2, 0) is 19.4 Å². The molecule has 0 spiro atoms. The summed E-state index contributed by atoms with van der Waals surface area (Å²) in [4.78, 5) is 0. The highest BCUT2D eigenvalue weighted by Gasteiger charge is 2.27. The number of nitrogens with two attached hydrogens (primary N) is 1. The molecule has 1 atom stereocenters. The fraction of sp³-hybridized carbons (Fsp3) is 0.786. The first kappa shape index (κ1) is 12.6. The molecule has 2 rings (SSSR count). The van der Waals surface area contributed by atoms with Crippen molar-refractivity contribution < 1.29 is 0 Å². The van der Waals surface area contributed by atoms with E-state index >= 15 is 0 Å². The first-order valence-corrected chi connectivity index (χ1v) is 7.05. The summed E-state index contributed by atoms with van der Waals surface area (Å²) in [5.74, 6) is 0.831. The minimum absolute atomic E-state index is 0.443. The van der Waals surface area contributed by atoms with Gasteiger partial charge in [-0.2, -0.15) is 5.10 Å². The molecule has 1 unspecified atom stereocenters. The highest BCUT2D eigenvalue weighted by molar-refractivity contribution is 5.10. The van der Waals surface area contributed by atoms with Gasteiger partial charge >= 0.3 is 0 Å². The summed E-state index contributed by atoms with van der Waals surface area (Å²) >= 11 is 0. The van der Waals surface area contributed by atoms with Gasteiger partial charge in [-0.05, 0) is 57.4 Å². The van der Waals surface area contributed by atoms with E-state index in [1.165, 1.54) is 37.1 Å². The molecular formula is C14H25N3. The van der Waals surface area contributed by atoms with Gasteiger partial charge < -0.3 is 5.73 Å². The van der Waals surface area contributed by atoms with Crippen LogP contribution in [0, 0.1) is 5.92 Å². The first-order chi connectivity index (χ1) is 8.24. The van der Waals surface area contributed by atoms with Crippen molar-refractivity contribution >= 4 is 0 Å². The predicted octanol–water partition coefficient (Wildman–Crippen LogP) is 2.53. The highest BCUT2D eigenvalue weighted by atomic mass is 15.3. The monoisotopic (exact) mass is 235 g/mol. The maximum Gasteiger partial charge on any atom is 0.0624 e. The fourth-order valence-corrected chi connectivity index (χ4v) is 2.44. The first-order valence-electron chi connectivity index (χ1n) is 7.05. The SMILES string of the molecule is CCc1cc(CCCC(N)C2CC2)n(CC)n1. The number of aromatic nitrogens is 2. The van der Waals surface area contributed by atoms with Crippen molar-refractivity contribution in [3.63, 3.8) is 0 Å². The van der Waals surface area contributed by atoms with Crippen LogP contribution >= 0.6 is 0 Å². The zero-order valence-electron chi connectivity index (χ0n) is 11.2. The summed E-state index contributed by atoms with van der Waals surface area (Å²) in [6, 6.07) is 2.70. The van der Waals surface area contributed by atoms with Crippen LogP contribution in [0.4, 0.5) is 0 Å². The quantitative estimate of drug-likeness (QED) is 0.789. The van der Waals surface area contributed by atoms with Gasteiger partial charge in [0.05, 0.1) is 5.69 Å². The number of aryl methyl sites for hydroxylation is 3. The molecule has 1 saturated carbocycles. The molecule has 1 fully saturated rings. The lowest BCUT2D eigenvalue weighted by Crippen LogP contribution is -2.22. The largest absolute Gasteiger partial charge is 0.327 e. The summed E-state index contributed by atoms with van der Waals surface area (Å²) in [5, 5.41) is 4.58. The third-order valence-electron chi connectivity index (χ3n) is 3.77. The summed E-state index contributed by atoms with van der Waals surface area (Å²) in [7, 11) is 0. The minimum atomic E-state index is 0.443. The standard InChI is InChI=1S/C14H25N3/c1-3-12-10-13(17(4-2)16-12)6-5-7-14(15)11-8-9-11/h10-11,14H,3-9,15H2,1-2H3. The average molecular weight is 235 g/mol. The second-order valence-electron chi connectivity index (χ2n) is 5.19. The van der Waals surface area contributed by atoms with E-state index in [1.54, 1.807) is 0 Å². The maximum absolute atomic E-state index is 6.12. The second kappa shape index (κ2) is 5.67. The molecule has 1 aromatic rings. The van der Waals surface area contributed by atoms with Crippen molar-refractivity contribution in [1.82, 2.24) is 9.78 Å². The Morgan fingerprint density at radius 1 is 1.47 bits per heavy atom. The molecule has 3 heteroatoms. The van der Waals surface area contributed by atoms with Crippen molar-refractivity contribution in [3.8, 4) is 0 Å². The average Bonchev–Trinajstić information content (AvgIpc) is 3.11. The second-order valence-corrected chi connectivity index (χ2v) is 5.19. The molecule has 1 heterocycles. The van der Waals surface area contributed by atoms with Gasteiger partial charge in [-0.25, -0.2) is 0 Å². The van der Waals surface area contributed by atoms with E-state index in [0.717, 1.165) is 25.3 Å². The molecule has 17 heavy (non-hydrogen) atoms. The molecule has 0 aliphatic heterocycles. The van der Waals surface area contributed by atoms with Crippen molar-refractivity contribution in [3.05, 3.63) is 17.5 Å². The van der Waals surface area contributed by atoms with Crippen LogP contribution in [0.2, 0.25) is 0 Å². The summed E-state index contributed by atoms with van der Waals surface area (Å²) in [5.41, 5.74) is 8.72. The zero-order chi connectivity index (χ0) is 12.3. The fourth-order valence-electron chi connectivity index (χ4n) is 2.44. The summed E-state index contributed by atoms with van der Waals surface area (Å²) in [6.45, 7) is 5.30. The van der Waals surface area contributed by atoms with E-state index in [1.807, 2.05) is 0 Å². The Labute approximate surface area is 104 Å². The topological polar surface area (TPSA) is 43.8 Å². The Morgan fingerprint density at radius 2 is 2.24 bits per heavy atom. The summed E-state index contributed by atoms with van der Waals surface area (Å²) < 4.78 is 2.14. The van der Waals surface area contributed by atoms with E-state index in [2.05, 4.69) is 29.7 Å². The van der Waals surface area contributed by atoms with Crippen LogP contribution in [0.15, 0.2) is 6.07 Å². The number of rotatable bonds is 7. The minimum Gasteiger partial charge on any atom is -0.327 e. The Balaban J connectivity index is 1.82. The van der Waals surface area contributed by atoms with Gasteiger partial charge in [0.25, 0.3) is 0 Å². The Kier molecular flexibility index (Phi) is 4.21. The van der Waals surface area contributed by atoms with Gasteiger partial charge in [0.1, 0.15) is 0 Å². The van der Waals surface area contributed by atoms with Crippen molar-refractivity contribution in [2.45, 2.75) is 65.0 Å². The van der Waals surface area contributed by atoms with Crippen LogP contribution in [-0.4, -0.2) is 15.8 Å². The molecule has 0 radical (unpaired) electrons. The van der Waals surface area contributed by atoms with Gasteiger partial charge in [0.2, 0.25) is 0 Å². The van der Waals surface area contributed by atoms with Gasteiger partial charge in [0, 0.05) is 18.3 Å². The molecule has 96 valence electrons. The third kappa shape index (κ3) is 3.32. The van der Waals surface area contributed by atoms with Crippen molar-refractivity contribution in [2.24, 2.45) is 11.7 Å². The zero-order valence-corrected chi connectivity index (χ0v) is 11.2. The Hall–Kier alpha value is -0.830. The highest BCUT2D eigenvalue weighted by Crippen LogP contribution is 2.33. The van der Waals surface area contributed by atoms with Crippen molar-refractivity contribution in [2.75, 3.05) is 0 Å². The molecule has 1 aliphatic carbocycles. The van der Waals surface area contributed by atoms with Crippen molar-refractivity contribution in [1.29, 1.82) is 0 Å². The molecule has 0 bridgehead atoms. The lowest BCUT2D eigenvalue weighted by molar-refractivity contribution is 0.516. The van der Waals surface area contributed by atoms with E-state index in [-0.39, 0.29) is 0 Å². The predicted molar refractivity (Wildman–Crippen MR) is 70.9 cm³/mol. The molecule has 0 amide bonds. The maximum atomic E-state index is 6.12. The van der Waals surface area contributed by atoms with Gasteiger partial charge in [-0.15, -0.1) is 0 Å². The number of hydrogen-bond acceptors (Lipinski definition) is 2. The van der Waals surface area contributed by atoms with Gasteiger partial charge in [0.15, 0.2) is 0 Å². The lowest BCUT2D eigenvalue weighted by atomic mass is 10.0. The molecule has 0 saturated heterocycles. The molecule has 0 aromatic carbocycles. The molecule has 1 aromatic heterocycles. The third-order valence-corrected chi connectivity index (χ3v) is 3.77. The van der Waals surface area contributed by atoms with E-state index in [4.69, 9.17) is 5.73 Å². The molecule has 3 nitrogen and oxygen atoms in total. The Bertz CT molecular complexity index is 352. The van der Waals surface area contributed by atoms with E-state index in [0.29, 0.717) is 6.04 Å². The van der Waals surface area contributed by atoms with Crippen LogP contribution in [0.3, 0.4) is 0 Å². The summed E-state index contributed by atoms with van der Waals surface area (Å²) in [6.07, 6.45) is 7.23. The van der Waals surface area contributed by atoms with E-state index in [9.17, 15) is 0 Å². The van der Waals surface area contributed by atoms with Crippen LogP contribution in [0.5, 0.6) is 0 Å². The molecular weight excluding hydrogens is 210 g/mol. The van der Waals surface area contributed by atoms with Crippen LogP contribution in [0.1, 0.15) is 50.9 Å². The van der Waals surface area contributed by atoms with E-state index < -0.39 is 0 Å². The molecule has 1 aliphatic rings. The number of nitrogens with zero attached hydrogens (tertiary/aromatic N) is 2. The normalized spacial score (nSPS) is 17.4.